The normalized spacial score (nSPS) is 16.1. The maximum atomic E-state index is 12.5. The number of carbonyl (C=O) groups is 2. The number of anilines is 1. The van der Waals surface area contributed by atoms with E-state index in [0.717, 1.165) is 11.3 Å². The number of halogens is 1. The molecule has 4 rings (SSSR count). The van der Waals surface area contributed by atoms with Crippen molar-refractivity contribution in [2.24, 2.45) is 0 Å². The highest BCUT2D eigenvalue weighted by molar-refractivity contribution is 8.00. The second-order valence-electron chi connectivity index (χ2n) is 6.66. The largest absolute Gasteiger partial charge is 0.457 e. The number of ketones is 1. The molecule has 0 bridgehead atoms. The lowest BCUT2D eigenvalue weighted by Gasteiger charge is -2.24. The summed E-state index contributed by atoms with van der Waals surface area (Å²) >= 11 is 7.47. The molecule has 0 radical (unpaired) electrons. The lowest BCUT2D eigenvalue weighted by molar-refractivity contribution is -0.115. The second kappa shape index (κ2) is 8.31. The Labute approximate surface area is 178 Å². The van der Waals surface area contributed by atoms with Crippen molar-refractivity contribution in [3.05, 3.63) is 88.9 Å². The van der Waals surface area contributed by atoms with E-state index < -0.39 is 0 Å². The summed E-state index contributed by atoms with van der Waals surface area (Å²) < 4.78 is 5.83. The van der Waals surface area contributed by atoms with Gasteiger partial charge < -0.3 is 4.74 Å². The third kappa shape index (κ3) is 4.31. The highest BCUT2D eigenvalue weighted by Gasteiger charge is 2.34. The molecule has 1 amide bonds. The van der Waals surface area contributed by atoms with E-state index >= 15 is 0 Å². The number of benzene rings is 3. The maximum Gasteiger partial charge on any atom is 0.238 e. The van der Waals surface area contributed by atoms with Gasteiger partial charge in [0.15, 0.2) is 5.78 Å². The fraction of sp³-hybridized carbons (Fsp3) is 0.130. The number of nitrogens with zero attached hydrogens (tertiary/aromatic N) is 1. The van der Waals surface area contributed by atoms with Gasteiger partial charge in [-0.3, -0.25) is 14.5 Å². The fourth-order valence-corrected chi connectivity index (χ4v) is 4.45. The standard InChI is InChI=1S/C23H18ClNO3S/c1-15(26)16-2-4-17(5-3-16)23-25(22(27)14-29-23)19-8-12-21(13-9-19)28-20-10-6-18(24)7-11-20/h2-13,23H,14H2,1H3. The minimum Gasteiger partial charge on any atom is -0.457 e. The summed E-state index contributed by atoms with van der Waals surface area (Å²) in [4.78, 5) is 25.8. The molecule has 6 heteroatoms. The average molecular weight is 424 g/mol. The van der Waals surface area contributed by atoms with Crippen LogP contribution >= 0.6 is 23.4 Å². The van der Waals surface area contributed by atoms with E-state index in [9.17, 15) is 9.59 Å². The Hall–Kier alpha value is -2.76. The molecule has 0 aromatic heterocycles. The van der Waals surface area contributed by atoms with Crippen molar-refractivity contribution in [1.82, 2.24) is 0 Å². The minimum absolute atomic E-state index is 0.0276. The van der Waals surface area contributed by atoms with E-state index in [4.69, 9.17) is 16.3 Å². The number of hydrogen-bond donors (Lipinski definition) is 0. The van der Waals surface area contributed by atoms with Gasteiger partial charge in [-0.2, -0.15) is 0 Å². The lowest BCUT2D eigenvalue weighted by atomic mass is 10.1. The number of amides is 1. The Bertz CT molecular complexity index is 1030. The predicted octanol–water partition coefficient (Wildman–Crippen LogP) is 6.11. The second-order valence-corrected chi connectivity index (χ2v) is 8.16. The molecule has 4 nitrogen and oxygen atoms in total. The number of rotatable bonds is 5. The van der Waals surface area contributed by atoms with Crippen LogP contribution in [0.25, 0.3) is 0 Å². The molecule has 1 unspecified atom stereocenters. The summed E-state index contributed by atoms with van der Waals surface area (Å²) in [7, 11) is 0. The zero-order chi connectivity index (χ0) is 20.4. The molecule has 0 spiro atoms. The van der Waals surface area contributed by atoms with Crippen molar-refractivity contribution in [2.45, 2.75) is 12.3 Å². The summed E-state index contributed by atoms with van der Waals surface area (Å²) in [5.41, 5.74) is 2.47. The lowest BCUT2D eigenvalue weighted by Crippen LogP contribution is -2.27. The monoisotopic (exact) mass is 423 g/mol. The van der Waals surface area contributed by atoms with E-state index in [2.05, 4.69) is 0 Å². The number of hydrogen-bond acceptors (Lipinski definition) is 4. The summed E-state index contributed by atoms with van der Waals surface area (Å²) in [6.07, 6.45) is 0. The first kappa shape index (κ1) is 19.6. The van der Waals surface area contributed by atoms with Crippen LogP contribution in [-0.2, 0) is 4.79 Å². The van der Waals surface area contributed by atoms with Gasteiger partial charge in [-0.15, -0.1) is 11.8 Å². The smallest absolute Gasteiger partial charge is 0.238 e. The van der Waals surface area contributed by atoms with Crippen LogP contribution in [0.3, 0.4) is 0 Å². The molecule has 0 aliphatic carbocycles. The zero-order valence-corrected chi connectivity index (χ0v) is 17.2. The van der Waals surface area contributed by atoms with Crippen molar-refractivity contribution in [2.75, 3.05) is 10.7 Å². The quantitative estimate of drug-likeness (QED) is 0.464. The Morgan fingerprint density at radius 3 is 2.14 bits per heavy atom. The average Bonchev–Trinajstić information content (AvgIpc) is 3.12. The molecule has 0 N–H and O–H groups in total. The molecule has 1 aliphatic heterocycles. The van der Waals surface area contributed by atoms with Crippen molar-refractivity contribution >= 4 is 40.7 Å². The van der Waals surface area contributed by atoms with Crippen molar-refractivity contribution < 1.29 is 14.3 Å². The Balaban J connectivity index is 1.54. The van der Waals surface area contributed by atoms with E-state index in [1.807, 2.05) is 48.5 Å². The molecule has 29 heavy (non-hydrogen) atoms. The van der Waals surface area contributed by atoms with E-state index in [0.29, 0.717) is 27.8 Å². The van der Waals surface area contributed by atoms with Crippen molar-refractivity contribution in [1.29, 1.82) is 0 Å². The van der Waals surface area contributed by atoms with Crippen LogP contribution in [0.5, 0.6) is 11.5 Å². The highest BCUT2D eigenvalue weighted by atomic mass is 35.5. The summed E-state index contributed by atoms with van der Waals surface area (Å²) in [5, 5.41) is 0.534. The van der Waals surface area contributed by atoms with Gasteiger partial charge in [0.05, 0.1) is 5.75 Å². The van der Waals surface area contributed by atoms with Gasteiger partial charge in [0.1, 0.15) is 16.9 Å². The van der Waals surface area contributed by atoms with Gasteiger partial charge in [-0.25, -0.2) is 0 Å². The molecule has 3 aromatic carbocycles. The van der Waals surface area contributed by atoms with Gasteiger partial charge in [-0.1, -0.05) is 35.9 Å². The van der Waals surface area contributed by atoms with Crippen LogP contribution in [-0.4, -0.2) is 17.4 Å². The van der Waals surface area contributed by atoms with E-state index in [1.54, 1.807) is 47.9 Å². The Kier molecular flexibility index (Phi) is 5.60. The number of thioether (sulfide) groups is 1. The van der Waals surface area contributed by atoms with Gasteiger partial charge in [0.2, 0.25) is 5.91 Å². The molecule has 1 heterocycles. The highest BCUT2D eigenvalue weighted by Crippen LogP contribution is 2.42. The van der Waals surface area contributed by atoms with Gasteiger partial charge in [-0.05, 0) is 61.0 Å². The zero-order valence-electron chi connectivity index (χ0n) is 15.7. The first-order chi connectivity index (χ1) is 14.0. The molecule has 1 fully saturated rings. The van der Waals surface area contributed by atoms with Crippen molar-refractivity contribution in [3.63, 3.8) is 0 Å². The van der Waals surface area contributed by atoms with Gasteiger partial charge >= 0.3 is 0 Å². The van der Waals surface area contributed by atoms with Crippen LogP contribution in [0.2, 0.25) is 5.02 Å². The van der Waals surface area contributed by atoms with Crippen LogP contribution in [0.15, 0.2) is 72.8 Å². The minimum atomic E-state index is -0.119. The Morgan fingerprint density at radius 1 is 0.966 bits per heavy atom. The molecule has 0 saturated carbocycles. The Morgan fingerprint density at radius 2 is 1.55 bits per heavy atom. The fourth-order valence-electron chi connectivity index (χ4n) is 3.15. The third-order valence-electron chi connectivity index (χ3n) is 4.63. The third-order valence-corrected chi connectivity index (χ3v) is 6.10. The van der Waals surface area contributed by atoms with Crippen LogP contribution in [0, 0.1) is 0 Å². The van der Waals surface area contributed by atoms with Crippen LogP contribution in [0.1, 0.15) is 28.2 Å². The molecule has 1 aliphatic rings. The number of carbonyl (C=O) groups excluding carboxylic acids is 2. The molecule has 1 saturated heterocycles. The summed E-state index contributed by atoms with van der Waals surface area (Å²) in [5.74, 6) is 1.88. The number of Topliss-reactive ketones (excluding diaryl/α,β-unsaturated/α-hetero) is 1. The van der Waals surface area contributed by atoms with Gasteiger partial charge in [0, 0.05) is 16.3 Å². The SMILES string of the molecule is CC(=O)c1ccc(C2SCC(=O)N2c2ccc(Oc3ccc(Cl)cc3)cc2)cc1. The molecule has 1 atom stereocenters. The van der Waals surface area contributed by atoms with E-state index in [-0.39, 0.29) is 17.1 Å². The maximum absolute atomic E-state index is 12.5. The first-order valence-corrected chi connectivity index (χ1v) is 10.5. The summed E-state index contributed by atoms with van der Waals surface area (Å²) in [6.45, 7) is 1.54. The molecular formula is C23H18ClNO3S. The summed E-state index contributed by atoms with van der Waals surface area (Å²) in [6, 6.07) is 22.0. The molecule has 3 aromatic rings. The topological polar surface area (TPSA) is 46.6 Å². The van der Waals surface area contributed by atoms with Crippen LogP contribution < -0.4 is 9.64 Å². The molecular weight excluding hydrogens is 406 g/mol. The van der Waals surface area contributed by atoms with E-state index in [1.165, 1.54) is 0 Å². The van der Waals surface area contributed by atoms with Gasteiger partial charge in [0.25, 0.3) is 0 Å². The molecule has 146 valence electrons. The van der Waals surface area contributed by atoms with Crippen LogP contribution in [0.4, 0.5) is 5.69 Å². The van der Waals surface area contributed by atoms with Crippen molar-refractivity contribution in [3.8, 4) is 11.5 Å². The number of ether oxygens (including phenoxy) is 1. The first-order valence-electron chi connectivity index (χ1n) is 9.09. The predicted molar refractivity (Wildman–Crippen MR) is 117 cm³/mol.